The van der Waals surface area contributed by atoms with E-state index in [0.29, 0.717) is 13.3 Å². The van der Waals surface area contributed by atoms with E-state index in [1.54, 1.807) is 6.33 Å². The van der Waals surface area contributed by atoms with Gasteiger partial charge < -0.3 is 20.1 Å². The molecule has 0 amide bonds. The van der Waals surface area contributed by atoms with Gasteiger partial charge in [-0.15, -0.1) is 0 Å². The second-order valence-electron chi connectivity index (χ2n) is 6.20. The molecule has 1 aliphatic rings. The first-order chi connectivity index (χ1) is 10.5. The summed E-state index contributed by atoms with van der Waals surface area (Å²) in [6, 6.07) is 7.81. The van der Waals surface area contributed by atoms with Gasteiger partial charge in [0.05, 0.1) is 0 Å². The summed E-state index contributed by atoms with van der Waals surface area (Å²) in [6.07, 6.45) is 1.55. The molecule has 6 heteroatoms. The molecule has 0 saturated heterocycles. The van der Waals surface area contributed by atoms with Gasteiger partial charge in [0.25, 0.3) is 0 Å². The molecule has 116 valence electrons. The van der Waals surface area contributed by atoms with Crippen molar-refractivity contribution in [3.8, 4) is 11.5 Å². The minimum Gasteiger partial charge on any atom is -0.454 e. The van der Waals surface area contributed by atoms with Gasteiger partial charge in [-0.25, -0.2) is 9.97 Å². The SMILES string of the molecule is CC(C)(C)Nc1cc(NCc2ccc3c(c2)OCO3)ncn1. The molecule has 6 nitrogen and oxygen atoms in total. The second kappa shape index (κ2) is 5.71. The zero-order valence-corrected chi connectivity index (χ0v) is 13.0. The molecule has 0 spiro atoms. The number of hydrogen-bond acceptors (Lipinski definition) is 6. The molecule has 2 aromatic rings. The van der Waals surface area contributed by atoms with Crippen molar-refractivity contribution in [2.75, 3.05) is 17.4 Å². The number of nitrogens with zero attached hydrogens (tertiary/aromatic N) is 2. The molecule has 0 aliphatic carbocycles. The van der Waals surface area contributed by atoms with E-state index >= 15 is 0 Å². The molecule has 0 atom stereocenters. The lowest BCUT2D eigenvalue weighted by Crippen LogP contribution is -2.26. The fraction of sp³-hybridized carbons (Fsp3) is 0.375. The van der Waals surface area contributed by atoms with E-state index in [9.17, 15) is 0 Å². The van der Waals surface area contributed by atoms with Gasteiger partial charge in [-0.05, 0) is 38.5 Å². The van der Waals surface area contributed by atoms with Gasteiger partial charge in [0.15, 0.2) is 11.5 Å². The molecule has 1 aromatic heterocycles. The molecule has 0 unspecified atom stereocenters. The van der Waals surface area contributed by atoms with Crippen LogP contribution >= 0.6 is 0 Å². The summed E-state index contributed by atoms with van der Waals surface area (Å²) in [5, 5.41) is 6.62. The van der Waals surface area contributed by atoms with Crippen molar-refractivity contribution in [3.05, 3.63) is 36.2 Å². The van der Waals surface area contributed by atoms with Crippen LogP contribution < -0.4 is 20.1 Å². The Labute approximate surface area is 129 Å². The third kappa shape index (κ3) is 3.58. The van der Waals surface area contributed by atoms with Crippen LogP contribution in [-0.2, 0) is 6.54 Å². The van der Waals surface area contributed by atoms with Crippen molar-refractivity contribution in [2.24, 2.45) is 0 Å². The normalized spacial score (nSPS) is 13.0. The van der Waals surface area contributed by atoms with Crippen LogP contribution in [0.2, 0.25) is 0 Å². The number of benzene rings is 1. The lowest BCUT2D eigenvalue weighted by atomic mass is 10.1. The smallest absolute Gasteiger partial charge is 0.231 e. The molecule has 0 fully saturated rings. The van der Waals surface area contributed by atoms with E-state index in [-0.39, 0.29) is 5.54 Å². The Kier molecular flexibility index (Phi) is 3.75. The van der Waals surface area contributed by atoms with Crippen molar-refractivity contribution < 1.29 is 9.47 Å². The Morgan fingerprint density at radius 1 is 1.05 bits per heavy atom. The molecule has 1 aromatic carbocycles. The zero-order valence-electron chi connectivity index (χ0n) is 13.0. The molecular formula is C16H20N4O2. The molecule has 2 heterocycles. The first-order valence-corrected chi connectivity index (χ1v) is 7.22. The molecule has 22 heavy (non-hydrogen) atoms. The maximum Gasteiger partial charge on any atom is 0.231 e. The van der Waals surface area contributed by atoms with E-state index in [1.165, 1.54) is 0 Å². The summed E-state index contributed by atoms with van der Waals surface area (Å²) < 4.78 is 10.7. The van der Waals surface area contributed by atoms with E-state index in [4.69, 9.17) is 9.47 Å². The van der Waals surface area contributed by atoms with E-state index < -0.39 is 0 Å². The highest BCUT2D eigenvalue weighted by Crippen LogP contribution is 2.32. The van der Waals surface area contributed by atoms with Crippen LogP contribution in [0.3, 0.4) is 0 Å². The van der Waals surface area contributed by atoms with Crippen LogP contribution in [0.1, 0.15) is 26.3 Å². The maximum absolute atomic E-state index is 5.38. The third-order valence-corrected chi connectivity index (χ3v) is 3.08. The van der Waals surface area contributed by atoms with Gasteiger partial charge in [-0.1, -0.05) is 6.07 Å². The quantitative estimate of drug-likeness (QED) is 0.904. The summed E-state index contributed by atoms with van der Waals surface area (Å²) in [7, 11) is 0. The van der Waals surface area contributed by atoms with Crippen LogP contribution in [0.4, 0.5) is 11.6 Å². The minimum absolute atomic E-state index is 0.0387. The van der Waals surface area contributed by atoms with Gasteiger partial charge in [-0.3, -0.25) is 0 Å². The largest absolute Gasteiger partial charge is 0.454 e. The Morgan fingerprint density at radius 3 is 2.64 bits per heavy atom. The van der Waals surface area contributed by atoms with Gasteiger partial charge >= 0.3 is 0 Å². The number of hydrogen-bond donors (Lipinski definition) is 2. The molecular weight excluding hydrogens is 280 g/mol. The summed E-state index contributed by atoms with van der Waals surface area (Å²) in [6.45, 7) is 7.22. The fourth-order valence-corrected chi connectivity index (χ4v) is 2.15. The van der Waals surface area contributed by atoms with Crippen LogP contribution in [0.5, 0.6) is 11.5 Å². The van der Waals surface area contributed by atoms with E-state index in [1.807, 2.05) is 24.3 Å². The van der Waals surface area contributed by atoms with Crippen LogP contribution in [0.15, 0.2) is 30.6 Å². The Bertz CT molecular complexity index is 667. The molecule has 3 rings (SSSR count). The Hall–Kier alpha value is -2.50. The van der Waals surface area contributed by atoms with Gasteiger partial charge in [0.2, 0.25) is 6.79 Å². The first-order valence-electron chi connectivity index (χ1n) is 7.22. The number of fused-ring (bicyclic) bond motifs is 1. The number of aromatic nitrogens is 2. The summed E-state index contributed by atoms with van der Waals surface area (Å²) in [5.74, 6) is 3.16. The van der Waals surface area contributed by atoms with E-state index in [2.05, 4.69) is 41.4 Å². The zero-order chi connectivity index (χ0) is 15.6. The summed E-state index contributed by atoms with van der Waals surface area (Å²) in [4.78, 5) is 8.47. The number of ether oxygens (including phenoxy) is 2. The minimum atomic E-state index is -0.0387. The molecule has 0 radical (unpaired) electrons. The first kappa shape index (κ1) is 14.4. The second-order valence-corrected chi connectivity index (χ2v) is 6.20. The summed E-state index contributed by atoms with van der Waals surface area (Å²) >= 11 is 0. The monoisotopic (exact) mass is 300 g/mol. The number of nitrogens with one attached hydrogen (secondary N) is 2. The fourth-order valence-electron chi connectivity index (χ4n) is 2.15. The van der Waals surface area contributed by atoms with Gasteiger partial charge in [-0.2, -0.15) is 0 Å². The predicted octanol–water partition coefficient (Wildman–Crippen LogP) is 3.03. The van der Waals surface area contributed by atoms with Gasteiger partial charge in [0.1, 0.15) is 18.0 Å². The number of anilines is 2. The van der Waals surface area contributed by atoms with Crippen LogP contribution in [0.25, 0.3) is 0 Å². The van der Waals surface area contributed by atoms with Crippen molar-refractivity contribution >= 4 is 11.6 Å². The number of rotatable bonds is 4. The topological polar surface area (TPSA) is 68.3 Å². The highest BCUT2D eigenvalue weighted by molar-refractivity contribution is 5.49. The maximum atomic E-state index is 5.38. The van der Waals surface area contributed by atoms with Crippen LogP contribution in [-0.4, -0.2) is 22.3 Å². The molecule has 2 N–H and O–H groups in total. The van der Waals surface area contributed by atoms with E-state index in [0.717, 1.165) is 28.7 Å². The highest BCUT2D eigenvalue weighted by atomic mass is 16.7. The summed E-state index contributed by atoms with van der Waals surface area (Å²) in [5.41, 5.74) is 1.07. The van der Waals surface area contributed by atoms with Crippen molar-refractivity contribution in [2.45, 2.75) is 32.9 Å². The third-order valence-electron chi connectivity index (χ3n) is 3.08. The van der Waals surface area contributed by atoms with Crippen molar-refractivity contribution in [3.63, 3.8) is 0 Å². The molecule has 1 aliphatic heterocycles. The van der Waals surface area contributed by atoms with Crippen molar-refractivity contribution in [1.29, 1.82) is 0 Å². The highest BCUT2D eigenvalue weighted by Gasteiger charge is 2.13. The lowest BCUT2D eigenvalue weighted by molar-refractivity contribution is 0.174. The van der Waals surface area contributed by atoms with Gasteiger partial charge in [0, 0.05) is 18.2 Å². The average Bonchev–Trinajstić information content (AvgIpc) is 2.91. The Balaban J connectivity index is 1.65. The predicted molar refractivity (Wildman–Crippen MR) is 85.3 cm³/mol. The average molecular weight is 300 g/mol. The lowest BCUT2D eigenvalue weighted by Gasteiger charge is -2.21. The van der Waals surface area contributed by atoms with Crippen LogP contribution in [0, 0.1) is 0 Å². The Morgan fingerprint density at radius 2 is 1.82 bits per heavy atom. The van der Waals surface area contributed by atoms with Crippen molar-refractivity contribution in [1.82, 2.24) is 9.97 Å². The molecule has 0 saturated carbocycles. The standard InChI is InChI=1S/C16H20N4O2/c1-16(2,3)20-15-7-14(18-9-19-15)17-8-11-4-5-12-13(6-11)22-10-21-12/h4-7,9H,8,10H2,1-3H3,(H2,17,18,19,20). The molecule has 0 bridgehead atoms.